The highest BCUT2D eigenvalue weighted by molar-refractivity contribution is 5.69. The molecule has 2 aliphatic rings. The third-order valence-electron chi connectivity index (χ3n) is 7.35. The van der Waals surface area contributed by atoms with E-state index in [1.54, 1.807) is 0 Å². The number of carboxylic acids is 1. The second-order valence-corrected chi connectivity index (χ2v) is 10.5. The van der Waals surface area contributed by atoms with Crippen LogP contribution in [0.4, 0.5) is 0 Å². The normalized spacial score (nSPS) is 22.5. The quantitative estimate of drug-likeness (QED) is 0.536. The minimum Gasteiger partial charge on any atom is -0.480 e. The summed E-state index contributed by atoms with van der Waals surface area (Å²) in [5.41, 5.74) is 2.08. The maximum Gasteiger partial charge on any atom is 0.317 e. The highest BCUT2D eigenvalue weighted by atomic mass is 16.4. The monoisotopic (exact) mass is 439 g/mol. The van der Waals surface area contributed by atoms with Crippen molar-refractivity contribution in [1.82, 2.24) is 9.80 Å². The van der Waals surface area contributed by atoms with Gasteiger partial charge in [-0.15, -0.1) is 0 Å². The first-order valence-corrected chi connectivity index (χ1v) is 12.6. The SMILES string of the molecule is CC(C)CN(CC(=O)O)C1CCC(CN2CCC(CCCc3ccc(C#N)cc3)CC2)C1. The van der Waals surface area contributed by atoms with Gasteiger partial charge in [-0.1, -0.05) is 32.4 Å². The Labute approximate surface area is 194 Å². The highest BCUT2D eigenvalue weighted by Gasteiger charge is 2.32. The summed E-state index contributed by atoms with van der Waals surface area (Å²) in [5, 5.41) is 18.2. The minimum absolute atomic E-state index is 0.184. The Morgan fingerprint density at radius 3 is 2.50 bits per heavy atom. The Morgan fingerprint density at radius 2 is 1.88 bits per heavy atom. The van der Waals surface area contributed by atoms with Crippen LogP contribution in [0.15, 0.2) is 24.3 Å². The third kappa shape index (κ3) is 7.90. The van der Waals surface area contributed by atoms with E-state index < -0.39 is 5.97 Å². The fraction of sp³-hybridized carbons (Fsp3) is 0.704. The Balaban J connectivity index is 1.34. The molecular formula is C27H41N3O2. The molecule has 0 aromatic heterocycles. The van der Waals surface area contributed by atoms with Gasteiger partial charge in [-0.3, -0.25) is 9.69 Å². The van der Waals surface area contributed by atoms with Gasteiger partial charge in [0, 0.05) is 19.1 Å². The fourth-order valence-electron chi connectivity index (χ4n) is 5.70. The first-order valence-electron chi connectivity index (χ1n) is 12.6. The van der Waals surface area contributed by atoms with Gasteiger partial charge in [0.15, 0.2) is 0 Å². The average Bonchev–Trinajstić information content (AvgIpc) is 3.23. The predicted molar refractivity (Wildman–Crippen MR) is 128 cm³/mol. The molecule has 0 amide bonds. The molecule has 1 saturated carbocycles. The molecule has 1 aliphatic heterocycles. The van der Waals surface area contributed by atoms with Crippen LogP contribution >= 0.6 is 0 Å². The van der Waals surface area contributed by atoms with Crippen LogP contribution in [-0.2, 0) is 11.2 Å². The van der Waals surface area contributed by atoms with Crippen LogP contribution in [0.5, 0.6) is 0 Å². The molecule has 0 bridgehead atoms. The molecule has 1 saturated heterocycles. The summed E-state index contributed by atoms with van der Waals surface area (Å²) >= 11 is 0. The molecule has 2 atom stereocenters. The summed E-state index contributed by atoms with van der Waals surface area (Å²) in [6.07, 6.45) is 9.81. The molecule has 0 spiro atoms. The molecule has 32 heavy (non-hydrogen) atoms. The van der Waals surface area contributed by atoms with E-state index in [9.17, 15) is 9.90 Å². The second kappa shape index (κ2) is 12.4. The number of hydrogen-bond donors (Lipinski definition) is 1. The lowest BCUT2D eigenvalue weighted by Gasteiger charge is -2.34. The number of carbonyl (C=O) groups is 1. The standard InChI is InChI=1S/C27H41N3O2/c1-21(2)18-30(20-27(31)32)26-11-10-25(16-26)19-29-14-12-23(13-15-29)5-3-4-22-6-8-24(17-28)9-7-22/h6-9,21,23,25-26H,3-5,10-16,18-20H2,1-2H3,(H,31,32). The lowest BCUT2D eigenvalue weighted by atomic mass is 9.90. The van der Waals surface area contributed by atoms with E-state index in [-0.39, 0.29) is 6.54 Å². The summed E-state index contributed by atoms with van der Waals surface area (Å²) in [4.78, 5) is 16.2. The minimum atomic E-state index is -0.699. The average molecular weight is 440 g/mol. The van der Waals surface area contributed by atoms with E-state index in [1.807, 2.05) is 12.1 Å². The Bertz CT molecular complexity index is 747. The summed E-state index contributed by atoms with van der Waals surface area (Å²) in [5.74, 6) is 1.37. The van der Waals surface area contributed by atoms with Crippen LogP contribution in [0, 0.1) is 29.1 Å². The number of benzene rings is 1. The Kier molecular flexibility index (Phi) is 9.56. The van der Waals surface area contributed by atoms with Crippen LogP contribution in [0.1, 0.15) is 69.9 Å². The van der Waals surface area contributed by atoms with Crippen molar-refractivity contribution in [2.75, 3.05) is 32.7 Å². The van der Waals surface area contributed by atoms with Crippen molar-refractivity contribution in [3.8, 4) is 6.07 Å². The zero-order valence-corrected chi connectivity index (χ0v) is 20.0. The van der Waals surface area contributed by atoms with E-state index in [0.717, 1.165) is 43.2 Å². The number of nitrogens with zero attached hydrogens (tertiary/aromatic N) is 3. The lowest BCUT2D eigenvalue weighted by molar-refractivity contribution is -0.139. The number of carboxylic acid groups (broad SMARTS) is 1. The van der Waals surface area contributed by atoms with Gasteiger partial charge in [0.25, 0.3) is 0 Å². The van der Waals surface area contributed by atoms with E-state index in [2.05, 4.69) is 41.8 Å². The van der Waals surface area contributed by atoms with Crippen molar-refractivity contribution in [1.29, 1.82) is 5.26 Å². The number of aliphatic carboxylic acids is 1. The van der Waals surface area contributed by atoms with Crippen molar-refractivity contribution in [2.45, 2.75) is 71.3 Å². The largest absolute Gasteiger partial charge is 0.480 e. The van der Waals surface area contributed by atoms with Gasteiger partial charge in [0.05, 0.1) is 18.2 Å². The van der Waals surface area contributed by atoms with Gasteiger partial charge in [-0.05, 0) is 93.5 Å². The molecule has 1 N–H and O–H groups in total. The van der Waals surface area contributed by atoms with Crippen molar-refractivity contribution >= 4 is 5.97 Å². The number of piperidine rings is 1. The van der Waals surface area contributed by atoms with Crippen LogP contribution in [0.2, 0.25) is 0 Å². The van der Waals surface area contributed by atoms with Gasteiger partial charge in [0.1, 0.15) is 0 Å². The summed E-state index contributed by atoms with van der Waals surface area (Å²) < 4.78 is 0. The van der Waals surface area contributed by atoms with Crippen LogP contribution in [0.3, 0.4) is 0 Å². The molecule has 0 radical (unpaired) electrons. The van der Waals surface area contributed by atoms with Crippen LogP contribution in [0.25, 0.3) is 0 Å². The smallest absolute Gasteiger partial charge is 0.317 e. The van der Waals surface area contributed by atoms with E-state index >= 15 is 0 Å². The van der Waals surface area contributed by atoms with Gasteiger partial charge < -0.3 is 10.0 Å². The molecule has 3 rings (SSSR count). The van der Waals surface area contributed by atoms with E-state index in [4.69, 9.17) is 5.26 Å². The Morgan fingerprint density at radius 1 is 1.16 bits per heavy atom. The zero-order chi connectivity index (χ0) is 22.9. The number of rotatable bonds is 11. The molecule has 1 aromatic rings. The second-order valence-electron chi connectivity index (χ2n) is 10.5. The summed E-state index contributed by atoms with van der Waals surface area (Å²) in [6, 6.07) is 10.7. The third-order valence-corrected chi connectivity index (χ3v) is 7.35. The number of likely N-dealkylation sites (tertiary alicyclic amines) is 1. The lowest BCUT2D eigenvalue weighted by Crippen LogP contribution is -2.41. The molecule has 1 heterocycles. The van der Waals surface area contributed by atoms with Crippen LogP contribution in [-0.4, -0.2) is 59.6 Å². The molecule has 2 fully saturated rings. The topological polar surface area (TPSA) is 67.6 Å². The van der Waals surface area contributed by atoms with Crippen molar-refractivity contribution < 1.29 is 9.90 Å². The molecule has 5 heteroatoms. The molecule has 1 aliphatic carbocycles. The highest BCUT2D eigenvalue weighted by Crippen LogP contribution is 2.32. The van der Waals surface area contributed by atoms with E-state index in [1.165, 1.54) is 57.3 Å². The van der Waals surface area contributed by atoms with Gasteiger partial charge >= 0.3 is 5.97 Å². The predicted octanol–water partition coefficient (Wildman–Crippen LogP) is 4.80. The zero-order valence-electron chi connectivity index (χ0n) is 20.0. The van der Waals surface area contributed by atoms with Gasteiger partial charge in [-0.25, -0.2) is 0 Å². The van der Waals surface area contributed by atoms with Crippen molar-refractivity contribution in [3.63, 3.8) is 0 Å². The number of hydrogen-bond acceptors (Lipinski definition) is 4. The molecule has 176 valence electrons. The van der Waals surface area contributed by atoms with Crippen LogP contribution < -0.4 is 0 Å². The van der Waals surface area contributed by atoms with Gasteiger partial charge in [-0.2, -0.15) is 5.26 Å². The van der Waals surface area contributed by atoms with E-state index in [0.29, 0.717) is 12.0 Å². The number of aryl methyl sites for hydroxylation is 1. The maximum atomic E-state index is 11.3. The Hall–Kier alpha value is -1.90. The molecule has 1 aromatic carbocycles. The summed E-state index contributed by atoms with van der Waals surface area (Å²) in [7, 11) is 0. The number of nitriles is 1. The summed E-state index contributed by atoms with van der Waals surface area (Å²) in [6.45, 7) is 9.05. The van der Waals surface area contributed by atoms with Crippen molar-refractivity contribution in [3.05, 3.63) is 35.4 Å². The first kappa shape index (κ1) is 24.7. The molecule has 5 nitrogen and oxygen atoms in total. The van der Waals surface area contributed by atoms with Gasteiger partial charge in [0.2, 0.25) is 0 Å². The molecular weight excluding hydrogens is 398 g/mol. The maximum absolute atomic E-state index is 11.3. The van der Waals surface area contributed by atoms with Crippen molar-refractivity contribution in [2.24, 2.45) is 17.8 Å². The fourth-order valence-corrected chi connectivity index (χ4v) is 5.70. The first-order chi connectivity index (χ1) is 15.4. The molecule has 2 unspecified atom stereocenters.